The number of hydrogen-bond acceptors (Lipinski definition) is 12. The molecule has 3 aromatic rings. The van der Waals surface area contributed by atoms with Crippen LogP contribution < -0.4 is 10.5 Å². The van der Waals surface area contributed by atoms with Gasteiger partial charge in [-0.05, 0) is 49.0 Å². The molecule has 0 unspecified atom stereocenters. The number of carboxylic acid groups (broad SMARTS) is 1. The molecule has 0 amide bonds. The van der Waals surface area contributed by atoms with Crippen molar-refractivity contribution in [1.29, 1.82) is 0 Å². The molecule has 5 rings (SSSR count). The van der Waals surface area contributed by atoms with Crippen LogP contribution in [0.1, 0.15) is 54.4 Å². The summed E-state index contributed by atoms with van der Waals surface area (Å²) >= 11 is 1.64. The molecular weight excluding hydrogens is 592 g/mol. The van der Waals surface area contributed by atoms with Crippen LogP contribution >= 0.6 is 11.3 Å². The SMILES string of the molecule is CC(C)c1csc(CCc2ccn3c(=O)c(C=CC(=O)O)c(N4CCC(O[C@@H]5O[C@H](CO)[C@H](O)[C@H](O)[C@H]5O)CC4)nc3c2)n1. The first-order valence-corrected chi connectivity index (χ1v) is 15.5. The maximum Gasteiger partial charge on any atom is 0.328 e. The average molecular weight is 631 g/mol. The van der Waals surface area contributed by atoms with Crippen molar-refractivity contribution in [3.63, 3.8) is 0 Å². The smallest absolute Gasteiger partial charge is 0.328 e. The highest BCUT2D eigenvalue weighted by atomic mass is 32.1. The minimum Gasteiger partial charge on any atom is -0.478 e. The van der Waals surface area contributed by atoms with Gasteiger partial charge in [-0.2, -0.15) is 0 Å². The fraction of sp³-hybridized carbons (Fsp3) is 0.533. The topological polar surface area (TPSA) is 187 Å². The fourth-order valence-electron chi connectivity index (χ4n) is 5.41. The molecule has 0 spiro atoms. The highest BCUT2D eigenvalue weighted by molar-refractivity contribution is 7.09. The molecule has 2 aliphatic heterocycles. The maximum absolute atomic E-state index is 13.6. The van der Waals surface area contributed by atoms with Crippen molar-refractivity contribution in [3.8, 4) is 0 Å². The van der Waals surface area contributed by atoms with Gasteiger partial charge in [-0.15, -0.1) is 11.3 Å². The number of carboxylic acids is 1. The monoisotopic (exact) mass is 630 g/mol. The van der Waals surface area contributed by atoms with E-state index in [9.17, 15) is 35.1 Å². The lowest BCUT2D eigenvalue weighted by molar-refractivity contribution is -0.312. The number of anilines is 1. The predicted molar refractivity (Wildman–Crippen MR) is 162 cm³/mol. The molecule has 5 atom stereocenters. The summed E-state index contributed by atoms with van der Waals surface area (Å²) in [6.07, 6.45) is -0.996. The van der Waals surface area contributed by atoms with Crippen molar-refractivity contribution in [3.05, 3.63) is 62.0 Å². The number of aliphatic carboxylic acids is 1. The maximum atomic E-state index is 13.6. The number of hydrogen-bond donors (Lipinski definition) is 5. The van der Waals surface area contributed by atoms with E-state index in [0.717, 1.165) is 28.8 Å². The Morgan fingerprint density at radius 2 is 1.91 bits per heavy atom. The summed E-state index contributed by atoms with van der Waals surface area (Å²) in [7, 11) is 0. The van der Waals surface area contributed by atoms with Gasteiger partial charge in [0.15, 0.2) is 6.29 Å². The Bertz CT molecular complexity index is 1550. The Hall–Kier alpha value is -3.24. The molecule has 0 saturated carbocycles. The molecule has 3 aromatic heterocycles. The third-order valence-corrected chi connectivity index (χ3v) is 8.93. The van der Waals surface area contributed by atoms with E-state index in [1.54, 1.807) is 17.5 Å². The Labute approximate surface area is 257 Å². The third-order valence-electron chi connectivity index (χ3n) is 8.01. The van der Waals surface area contributed by atoms with Crippen LogP contribution in [0.5, 0.6) is 0 Å². The Morgan fingerprint density at radius 1 is 1.16 bits per heavy atom. The minimum absolute atomic E-state index is 0.148. The molecule has 0 aromatic carbocycles. The van der Waals surface area contributed by atoms with Crippen LogP contribution in [0.3, 0.4) is 0 Å². The summed E-state index contributed by atoms with van der Waals surface area (Å²) < 4.78 is 12.8. The van der Waals surface area contributed by atoms with E-state index in [0.29, 0.717) is 49.7 Å². The Kier molecular flexibility index (Phi) is 10.1. The molecule has 13 nitrogen and oxygen atoms in total. The quantitative estimate of drug-likeness (QED) is 0.200. The van der Waals surface area contributed by atoms with E-state index >= 15 is 0 Å². The van der Waals surface area contributed by atoms with E-state index in [1.807, 2.05) is 17.0 Å². The average Bonchev–Trinajstić information content (AvgIpc) is 3.49. The molecule has 5 N–H and O–H groups in total. The van der Waals surface area contributed by atoms with Crippen LogP contribution in [-0.2, 0) is 27.1 Å². The molecular formula is C30H38N4O9S. The third kappa shape index (κ3) is 7.01. The number of carbonyl (C=O) groups is 1. The molecule has 238 valence electrons. The van der Waals surface area contributed by atoms with Gasteiger partial charge in [0.2, 0.25) is 0 Å². The van der Waals surface area contributed by atoms with E-state index in [4.69, 9.17) is 19.4 Å². The first kappa shape index (κ1) is 32.2. The number of aliphatic hydroxyl groups is 4. The first-order valence-electron chi connectivity index (χ1n) is 14.7. The standard InChI is InChI=1S/C30H38N4O9S/c1-16(2)20-15-44-23(31-20)5-3-17-7-12-34-22(13-17)32-28(19(29(34)41)4-6-24(36)37)33-10-8-18(9-11-33)42-30-27(40)26(39)25(38)21(14-35)43-30/h4,6-7,12-13,15-16,18,21,25-27,30,35,38-40H,3,5,8-11,14H2,1-2H3,(H,36,37)/t21-,25+,26+,27-,30-/m1/s1. The zero-order chi connectivity index (χ0) is 31.5. The zero-order valence-corrected chi connectivity index (χ0v) is 25.3. The van der Waals surface area contributed by atoms with Gasteiger partial charge in [0.1, 0.15) is 35.9 Å². The van der Waals surface area contributed by atoms with Gasteiger partial charge in [0.05, 0.1) is 29.0 Å². The van der Waals surface area contributed by atoms with Gasteiger partial charge in [-0.1, -0.05) is 13.8 Å². The molecule has 0 aliphatic carbocycles. The number of thiazole rings is 1. The van der Waals surface area contributed by atoms with Gasteiger partial charge in [-0.25, -0.2) is 14.8 Å². The van der Waals surface area contributed by atoms with Crippen molar-refractivity contribution in [2.75, 3.05) is 24.6 Å². The largest absolute Gasteiger partial charge is 0.478 e. The van der Waals surface area contributed by atoms with Crippen molar-refractivity contribution < 1.29 is 39.8 Å². The number of aromatic nitrogens is 3. The molecule has 44 heavy (non-hydrogen) atoms. The van der Waals surface area contributed by atoms with Crippen LogP contribution in [0.2, 0.25) is 0 Å². The summed E-state index contributed by atoms with van der Waals surface area (Å²) in [4.78, 5) is 36.3. The van der Waals surface area contributed by atoms with Crippen LogP contribution in [0, 0.1) is 0 Å². The minimum atomic E-state index is -1.53. The lowest BCUT2D eigenvalue weighted by Gasteiger charge is -2.42. The normalized spacial score (nSPS) is 25.0. The van der Waals surface area contributed by atoms with Crippen LogP contribution in [0.15, 0.2) is 34.6 Å². The number of fused-ring (bicyclic) bond motifs is 1. The number of rotatable bonds is 10. The van der Waals surface area contributed by atoms with Crippen molar-refractivity contribution >= 4 is 34.8 Å². The predicted octanol–water partition coefficient (Wildman–Crippen LogP) is 0.943. The lowest BCUT2D eigenvalue weighted by Crippen LogP contribution is -2.60. The summed E-state index contributed by atoms with van der Waals surface area (Å²) in [6, 6.07) is 3.72. The van der Waals surface area contributed by atoms with Crippen LogP contribution in [0.25, 0.3) is 11.7 Å². The number of piperidine rings is 1. The summed E-state index contributed by atoms with van der Waals surface area (Å²) in [5.74, 6) is -0.466. The number of aliphatic hydroxyl groups excluding tert-OH is 4. The van der Waals surface area contributed by atoms with Crippen molar-refractivity contribution in [2.24, 2.45) is 0 Å². The molecule has 0 radical (unpaired) electrons. The number of nitrogens with zero attached hydrogens (tertiary/aromatic N) is 4. The summed E-state index contributed by atoms with van der Waals surface area (Å²) in [5, 5.41) is 52.3. The van der Waals surface area contributed by atoms with Crippen molar-refractivity contribution in [2.45, 2.75) is 82.3 Å². The van der Waals surface area contributed by atoms with E-state index in [-0.39, 0.29) is 11.7 Å². The molecule has 5 heterocycles. The highest BCUT2D eigenvalue weighted by Crippen LogP contribution is 2.28. The molecule has 2 fully saturated rings. The van der Waals surface area contributed by atoms with Gasteiger partial charge >= 0.3 is 5.97 Å². The Morgan fingerprint density at radius 3 is 2.57 bits per heavy atom. The van der Waals surface area contributed by atoms with E-state index < -0.39 is 48.8 Å². The van der Waals surface area contributed by atoms with Crippen LogP contribution in [-0.4, -0.2) is 102 Å². The summed E-state index contributed by atoms with van der Waals surface area (Å²) in [5.41, 5.74) is 2.26. The molecule has 2 saturated heterocycles. The second-order valence-electron chi connectivity index (χ2n) is 11.4. The molecule has 2 aliphatic rings. The molecule has 0 bridgehead atoms. The lowest BCUT2D eigenvalue weighted by atomic mass is 9.99. The second kappa shape index (κ2) is 13.8. The first-order chi connectivity index (χ1) is 21.0. The number of ether oxygens (including phenoxy) is 2. The molecule has 14 heteroatoms. The summed E-state index contributed by atoms with van der Waals surface area (Å²) in [6.45, 7) is 4.48. The van der Waals surface area contributed by atoms with Crippen molar-refractivity contribution in [1.82, 2.24) is 14.4 Å². The van der Waals surface area contributed by atoms with E-state index in [1.165, 1.54) is 10.5 Å². The van der Waals surface area contributed by atoms with Gasteiger partial charge in [-0.3, -0.25) is 9.20 Å². The van der Waals surface area contributed by atoms with Gasteiger partial charge in [0.25, 0.3) is 5.56 Å². The van der Waals surface area contributed by atoms with E-state index in [2.05, 4.69) is 19.2 Å². The fourth-order valence-corrected chi connectivity index (χ4v) is 6.37. The van der Waals surface area contributed by atoms with Gasteiger partial charge in [0, 0.05) is 37.2 Å². The highest BCUT2D eigenvalue weighted by Gasteiger charge is 2.45. The number of aryl methyl sites for hydroxylation is 2. The zero-order valence-electron chi connectivity index (χ0n) is 24.5. The van der Waals surface area contributed by atoms with Crippen LogP contribution in [0.4, 0.5) is 5.82 Å². The second-order valence-corrected chi connectivity index (χ2v) is 12.4. The Balaban J connectivity index is 1.34. The number of pyridine rings is 1. The van der Waals surface area contributed by atoms with Gasteiger partial charge < -0.3 is 39.9 Å².